The van der Waals surface area contributed by atoms with Gasteiger partial charge < -0.3 is 10.4 Å². The van der Waals surface area contributed by atoms with E-state index in [0.29, 0.717) is 13.0 Å². The molecule has 2 heterocycles. The number of carbonyl (C=O) groups is 2. The van der Waals surface area contributed by atoms with Gasteiger partial charge in [0, 0.05) is 24.3 Å². The highest BCUT2D eigenvalue weighted by atomic mass is 32.1. The third-order valence-corrected chi connectivity index (χ3v) is 3.18. The summed E-state index contributed by atoms with van der Waals surface area (Å²) in [4.78, 5) is 30.0. The quantitative estimate of drug-likeness (QED) is 0.857. The van der Waals surface area contributed by atoms with Gasteiger partial charge in [-0.15, -0.1) is 11.3 Å². The summed E-state index contributed by atoms with van der Waals surface area (Å²) in [6.07, 6.45) is 4.08. The molecule has 0 fully saturated rings. The van der Waals surface area contributed by atoms with Crippen LogP contribution in [0.1, 0.15) is 25.9 Å². The topological polar surface area (TPSA) is 92.2 Å². The first-order valence-electron chi connectivity index (χ1n) is 5.53. The average Bonchev–Trinajstić information content (AvgIpc) is 2.89. The van der Waals surface area contributed by atoms with Crippen LogP contribution in [0, 0.1) is 0 Å². The van der Waals surface area contributed by atoms with E-state index in [0.717, 1.165) is 16.9 Å². The summed E-state index contributed by atoms with van der Waals surface area (Å²) in [5.74, 6) is -1.49. The summed E-state index contributed by atoms with van der Waals surface area (Å²) in [6, 6.07) is 3.75. The summed E-state index contributed by atoms with van der Waals surface area (Å²) < 4.78 is 0. The lowest BCUT2D eigenvalue weighted by atomic mass is 10.2. The lowest BCUT2D eigenvalue weighted by molar-refractivity contribution is 0.0691. The van der Waals surface area contributed by atoms with Gasteiger partial charge in [-0.2, -0.15) is 0 Å². The number of pyridine rings is 1. The highest BCUT2D eigenvalue weighted by Crippen LogP contribution is 2.09. The molecule has 2 N–H and O–H groups in total. The minimum atomic E-state index is -1.13. The Hall–Kier alpha value is -2.28. The molecule has 0 saturated heterocycles. The van der Waals surface area contributed by atoms with Crippen LogP contribution in [0.4, 0.5) is 0 Å². The van der Waals surface area contributed by atoms with E-state index in [1.807, 2.05) is 12.1 Å². The fraction of sp³-hybridized carbons (Fsp3) is 0.167. The molecule has 6 nitrogen and oxygen atoms in total. The second-order valence-electron chi connectivity index (χ2n) is 3.71. The summed E-state index contributed by atoms with van der Waals surface area (Å²) in [6.45, 7) is 0.451. The molecule has 0 atom stereocenters. The molecule has 0 aliphatic rings. The van der Waals surface area contributed by atoms with Crippen molar-refractivity contribution in [2.24, 2.45) is 0 Å². The van der Waals surface area contributed by atoms with Gasteiger partial charge in [-0.3, -0.25) is 9.78 Å². The molecule has 1 amide bonds. The van der Waals surface area contributed by atoms with Crippen molar-refractivity contribution in [1.82, 2.24) is 15.3 Å². The van der Waals surface area contributed by atoms with Gasteiger partial charge in [0.2, 0.25) is 0 Å². The second-order valence-corrected chi connectivity index (χ2v) is 4.57. The first-order valence-corrected chi connectivity index (χ1v) is 6.40. The molecule has 0 aliphatic carbocycles. The third-order valence-electron chi connectivity index (χ3n) is 2.34. The van der Waals surface area contributed by atoms with E-state index in [1.54, 1.807) is 12.4 Å². The standard InChI is InChI=1S/C12H11N3O3S/c16-10(11-15-9(7-19-11)12(17)18)14-5-3-8-2-1-4-13-6-8/h1-2,4,6-7H,3,5H2,(H,14,16)(H,17,18). The van der Waals surface area contributed by atoms with E-state index in [2.05, 4.69) is 15.3 Å². The van der Waals surface area contributed by atoms with E-state index in [-0.39, 0.29) is 16.6 Å². The van der Waals surface area contributed by atoms with Gasteiger partial charge in [0.05, 0.1) is 0 Å². The maximum absolute atomic E-state index is 11.7. The van der Waals surface area contributed by atoms with E-state index in [1.165, 1.54) is 5.38 Å². The van der Waals surface area contributed by atoms with Crippen LogP contribution < -0.4 is 5.32 Å². The number of carboxylic acid groups (broad SMARTS) is 1. The minimum Gasteiger partial charge on any atom is -0.476 e. The van der Waals surface area contributed by atoms with Gasteiger partial charge in [0.15, 0.2) is 10.7 Å². The minimum absolute atomic E-state index is 0.109. The van der Waals surface area contributed by atoms with Crippen molar-refractivity contribution in [3.05, 3.63) is 46.2 Å². The van der Waals surface area contributed by atoms with E-state index < -0.39 is 5.97 Å². The lowest BCUT2D eigenvalue weighted by Crippen LogP contribution is -2.25. The molecule has 2 aromatic rings. The predicted molar refractivity (Wildman–Crippen MR) is 69.3 cm³/mol. The van der Waals surface area contributed by atoms with Crippen LogP contribution in [0.2, 0.25) is 0 Å². The van der Waals surface area contributed by atoms with E-state index in [4.69, 9.17) is 5.11 Å². The van der Waals surface area contributed by atoms with Gasteiger partial charge in [0.25, 0.3) is 5.91 Å². The molecule has 7 heteroatoms. The molecule has 0 spiro atoms. The number of aromatic carboxylic acids is 1. The molecule has 2 rings (SSSR count). The normalized spacial score (nSPS) is 10.1. The predicted octanol–water partition coefficient (Wildman–Crippen LogP) is 1.21. The number of nitrogens with one attached hydrogen (secondary N) is 1. The van der Waals surface area contributed by atoms with Gasteiger partial charge in [0.1, 0.15) is 0 Å². The molecule has 0 bridgehead atoms. The maximum atomic E-state index is 11.7. The second kappa shape index (κ2) is 6.05. The molecule has 0 saturated carbocycles. The van der Waals surface area contributed by atoms with Crippen molar-refractivity contribution >= 4 is 23.2 Å². The fourth-order valence-electron chi connectivity index (χ4n) is 1.42. The number of rotatable bonds is 5. The van der Waals surface area contributed by atoms with Crippen LogP contribution in [0.15, 0.2) is 29.9 Å². The van der Waals surface area contributed by atoms with Gasteiger partial charge >= 0.3 is 5.97 Å². The first kappa shape index (κ1) is 13.2. The third kappa shape index (κ3) is 3.59. The Morgan fingerprint density at radius 2 is 2.26 bits per heavy atom. The number of carbonyl (C=O) groups excluding carboxylic acids is 1. The zero-order chi connectivity index (χ0) is 13.7. The van der Waals surface area contributed by atoms with Gasteiger partial charge in [-0.05, 0) is 18.1 Å². The number of thiazole rings is 1. The Bertz CT molecular complexity index is 583. The van der Waals surface area contributed by atoms with Gasteiger partial charge in [-0.1, -0.05) is 6.07 Å². The monoisotopic (exact) mass is 277 g/mol. The lowest BCUT2D eigenvalue weighted by Gasteiger charge is -2.02. The Balaban J connectivity index is 1.85. The molecule has 0 aliphatic heterocycles. The number of carboxylic acids is 1. The van der Waals surface area contributed by atoms with Crippen molar-refractivity contribution in [2.45, 2.75) is 6.42 Å². The highest BCUT2D eigenvalue weighted by molar-refractivity contribution is 7.11. The Kier molecular flexibility index (Phi) is 4.19. The molecule has 2 aromatic heterocycles. The molecule has 0 radical (unpaired) electrons. The van der Waals surface area contributed by atoms with E-state index >= 15 is 0 Å². The summed E-state index contributed by atoms with van der Waals surface area (Å²) >= 11 is 1.02. The zero-order valence-corrected chi connectivity index (χ0v) is 10.7. The highest BCUT2D eigenvalue weighted by Gasteiger charge is 2.13. The summed E-state index contributed by atoms with van der Waals surface area (Å²) in [5, 5.41) is 12.9. The van der Waals surface area contributed by atoms with Crippen molar-refractivity contribution in [3.63, 3.8) is 0 Å². The molecule has 0 aromatic carbocycles. The van der Waals surface area contributed by atoms with Crippen LogP contribution in [0.3, 0.4) is 0 Å². The average molecular weight is 277 g/mol. The van der Waals surface area contributed by atoms with Crippen molar-refractivity contribution in [3.8, 4) is 0 Å². The number of aromatic nitrogens is 2. The SMILES string of the molecule is O=C(O)c1csc(C(=O)NCCc2cccnc2)n1. The maximum Gasteiger partial charge on any atom is 0.355 e. The number of hydrogen-bond donors (Lipinski definition) is 2. The van der Waals surface area contributed by atoms with Crippen LogP contribution in [-0.2, 0) is 6.42 Å². The van der Waals surface area contributed by atoms with Crippen LogP contribution >= 0.6 is 11.3 Å². The molecule has 0 unspecified atom stereocenters. The number of nitrogens with zero attached hydrogens (tertiary/aromatic N) is 2. The van der Waals surface area contributed by atoms with Crippen molar-refractivity contribution in [1.29, 1.82) is 0 Å². The summed E-state index contributed by atoms with van der Waals surface area (Å²) in [7, 11) is 0. The van der Waals surface area contributed by atoms with Crippen molar-refractivity contribution < 1.29 is 14.7 Å². The largest absolute Gasteiger partial charge is 0.476 e. The number of amides is 1. The molecule has 98 valence electrons. The van der Waals surface area contributed by atoms with Crippen LogP contribution in [-0.4, -0.2) is 33.5 Å². The Labute approximate surface area is 113 Å². The van der Waals surface area contributed by atoms with Crippen LogP contribution in [0.25, 0.3) is 0 Å². The smallest absolute Gasteiger partial charge is 0.355 e. The molecular formula is C12H11N3O3S. The van der Waals surface area contributed by atoms with Crippen LogP contribution in [0.5, 0.6) is 0 Å². The Morgan fingerprint density at radius 1 is 1.42 bits per heavy atom. The van der Waals surface area contributed by atoms with Crippen molar-refractivity contribution in [2.75, 3.05) is 6.54 Å². The zero-order valence-electron chi connectivity index (χ0n) is 9.87. The Morgan fingerprint density at radius 3 is 2.89 bits per heavy atom. The van der Waals surface area contributed by atoms with Gasteiger partial charge in [-0.25, -0.2) is 9.78 Å². The summed E-state index contributed by atoms with van der Waals surface area (Å²) in [5.41, 5.74) is 0.913. The molecule has 19 heavy (non-hydrogen) atoms. The van der Waals surface area contributed by atoms with E-state index in [9.17, 15) is 9.59 Å². The first-order chi connectivity index (χ1) is 9.16. The number of hydrogen-bond acceptors (Lipinski definition) is 5. The fourth-order valence-corrected chi connectivity index (χ4v) is 2.13. The molecular weight excluding hydrogens is 266 g/mol.